The normalized spacial score (nSPS) is 12.8. The first-order valence-corrected chi connectivity index (χ1v) is 3.80. The van der Waals surface area contributed by atoms with Crippen LogP contribution in [0.4, 0.5) is 0 Å². The molecule has 0 spiro atoms. The zero-order valence-electron chi connectivity index (χ0n) is 7.05. The van der Waals surface area contributed by atoms with Crippen molar-refractivity contribution in [2.24, 2.45) is 11.5 Å². The molecule has 5 N–H and O–H groups in total. The SMILES string of the molecule is NC(=O)Cn1cncc1C(N)CO. The molecule has 0 aliphatic heterocycles. The molecule has 6 nitrogen and oxygen atoms in total. The number of hydrogen-bond acceptors (Lipinski definition) is 4. The molecule has 1 unspecified atom stereocenters. The number of imidazole rings is 1. The van der Waals surface area contributed by atoms with Crippen molar-refractivity contribution in [1.29, 1.82) is 0 Å². The highest BCUT2D eigenvalue weighted by molar-refractivity contribution is 5.73. The first-order chi connectivity index (χ1) is 6.15. The molecule has 0 fully saturated rings. The Morgan fingerprint density at radius 2 is 2.46 bits per heavy atom. The summed E-state index contributed by atoms with van der Waals surface area (Å²) in [5.41, 5.74) is 11.2. The number of rotatable bonds is 4. The Bertz CT molecular complexity index is 296. The van der Waals surface area contributed by atoms with E-state index in [4.69, 9.17) is 16.6 Å². The third kappa shape index (κ3) is 2.27. The lowest BCUT2D eigenvalue weighted by atomic mass is 10.2. The number of amides is 1. The summed E-state index contributed by atoms with van der Waals surface area (Å²) in [5, 5.41) is 8.78. The van der Waals surface area contributed by atoms with Crippen molar-refractivity contribution < 1.29 is 9.90 Å². The van der Waals surface area contributed by atoms with Gasteiger partial charge in [0.05, 0.1) is 24.7 Å². The molecule has 0 aliphatic carbocycles. The first-order valence-electron chi connectivity index (χ1n) is 3.80. The van der Waals surface area contributed by atoms with Crippen LogP contribution in [0.2, 0.25) is 0 Å². The third-order valence-corrected chi connectivity index (χ3v) is 1.65. The van der Waals surface area contributed by atoms with E-state index in [1.54, 1.807) is 0 Å². The maximum atomic E-state index is 10.6. The van der Waals surface area contributed by atoms with E-state index in [0.29, 0.717) is 5.69 Å². The van der Waals surface area contributed by atoms with E-state index in [-0.39, 0.29) is 13.2 Å². The largest absolute Gasteiger partial charge is 0.394 e. The molecule has 72 valence electrons. The number of aliphatic hydroxyl groups excluding tert-OH is 1. The highest BCUT2D eigenvalue weighted by atomic mass is 16.3. The van der Waals surface area contributed by atoms with Crippen LogP contribution in [0.3, 0.4) is 0 Å². The second-order valence-electron chi connectivity index (χ2n) is 2.70. The standard InChI is InChI=1S/C7H12N4O2/c8-5(3-12)6-1-10-4-11(6)2-7(9)13/h1,4-5,12H,2-3,8H2,(H2,9,13). The molecule has 0 bridgehead atoms. The van der Waals surface area contributed by atoms with E-state index in [9.17, 15) is 4.79 Å². The molecule has 0 saturated carbocycles. The number of nitrogens with two attached hydrogens (primary N) is 2. The quantitative estimate of drug-likeness (QED) is 0.521. The summed E-state index contributed by atoms with van der Waals surface area (Å²) in [6.07, 6.45) is 2.96. The molecular formula is C7H12N4O2. The number of primary amides is 1. The number of nitrogens with zero attached hydrogens (tertiary/aromatic N) is 2. The summed E-state index contributed by atoms with van der Waals surface area (Å²) in [4.78, 5) is 14.4. The highest BCUT2D eigenvalue weighted by Gasteiger charge is 2.11. The molecule has 13 heavy (non-hydrogen) atoms. The maximum Gasteiger partial charge on any atom is 0.237 e. The van der Waals surface area contributed by atoms with Crippen LogP contribution in [-0.2, 0) is 11.3 Å². The summed E-state index contributed by atoms with van der Waals surface area (Å²) < 4.78 is 1.52. The molecule has 1 aromatic heterocycles. The van der Waals surface area contributed by atoms with Crippen molar-refractivity contribution in [1.82, 2.24) is 9.55 Å². The van der Waals surface area contributed by atoms with E-state index in [2.05, 4.69) is 4.98 Å². The molecule has 1 amide bonds. The molecule has 0 aliphatic rings. The molecule has 0 saturated heterocycles. The molecule has 1 atom stereocenters. The van der Waals surface area contributed by atoms with Crippen molar-refractivity contribution in [2.45, 2.75) is 12.6 Å². The zero-order valence-corrected chi connectivity index (χ0v) is 7.05. The van der Waals surface area contributed by atoms with Gasteiger partial charge in [-0.25, -0.2) is 4.98 Å². The summed E-state index contributed by atoms with van der Waals surface area (Å²) >= 11 is 0. The van der Waals surface area contributed by atoms with Gasteiger partial charge in [-0.05, 0) is 0 Å². The van der Waals surface area contributed by atoms with Crippen molar-refractivity contribution in [3.63, 3.8) is 0 Å². The van der Waals surface area contributed by atoms with Crippen LogP contribution < -0.4 is 11.5 Å². The summed E-state index contributed by atoms with van der Waals surface area (Å²) in [6, 6.07) is -0.526. The van der Waals surface area contributed by atoms with Gasteiger partial charge in [0.25, 0.3) is 0 Å². The zero-order chi connectivity index (χ0) is 9.84. The minimum atomic E-state index is -0.526. The predicted molar refractivity (Wildman–Crippen MR) is 45.4 cm³/mol. The van der Waals surface area contributed by atoms with Crippen LogP contribution in [0, 0.1) is 0 Å². The summed E-state index contributed by atoms with van der Waals surface area (Å²) in [5.74, 6) is -0.468. The minimum Gasteiger partial charge on any atom is -0.394 e. The molecule has 6 heteroatoms. The van der Waals surface area contributed by atoms with Crippen molar-refractivity contribution in [3.05, 3.63) is 18.2 Å². The molecule has 1 aromatic rings. The van der Waals surface area contributed by atoms with E-state index in [1.165, 1.54) is 17.1 Å². The van der Waals surface area contributed by atoms with Gasteiger partial charge in [-0.2, -0.15) is 0 Å². The van der Waals surface area contributed by atoms with Gasteiger partial charge < -0.3 is 21.1 Å². The lowest BCUT2D eigenvalue weighted by Gasteiger charge is -2.10. The van der Waals surface area contributed by atoms with E-state index < -0.39 is 11.9 Å². The Kier molecular flexibility index (Phi) is 2.99. The van der Waals surface area contributed by atoms with Crippen LogP contribution in [0.1, 0.15) is 11.7 Å². The average molecular weight is 184 g/mol. The lowest BCUT2D eigenvalue weighted by Crippen LogP contribution is -2.24. The number of hydrogen-bond donors (Lipinski definition) is 3. The molecule has 0 radical (unpaired) electrons. The predicted octanol–water partition coefficient (Wildman–Crippen LogP) is -1.64. The molecule has 1 rings (SSSR count). The van der Waals surface area contributed by atoms with Crippen LogP contribution in [0.5, 0.6) is 0 Å². The Morgan fingerprint density at radius 1 is 1.77 bits per heavy atom. The number of carbonyl (C=O) groups excluding carboxylic acids is 1. The van der Waals surface area contributed by atoms with Crippen LogP contribution >= 0.6 is 0 Å². The monoisotopic (exact) mass is 184 g/mol. The van der Waals surface area contributed by atoms with Crippen molar-refractivity contribution >= 4 is 5.91 Å². The van der Waals surface area contributed by atoms with Gasteiger partial charge in [-0.15, -0.1) is 0 Å². The van der Waals surface area contributed by atoms with Gasteiger partial charge in [-0.1, -0.05) is 0 Å². The van der Waals surface area contributed by atoms with Gasteiger partial charge in [-0.3, -0.25) is 4.79 Å². The van der Waals surface area contributed by atoms with E-state index >= 15 is 0 Å². The third-order valence-electron chi connectivity index (χ3n) is 1.65. The maximum absolute atomic E-state index is 10.6. The highest BCUT2D eigenvalue weighted by Crippen LogP contribution is 2.08. The second-order valence-corrected chi connectivity index (χ2v) is 2.70. The smallest absolute Gasteiger partial charge is 0.237 e. The van der Waals surface area contributed by atoms with E-state index in [0.717, 1.165) is 0 Å². The first kappa shape index (κ1) is 9.69. The summed E-state index contributed by atoms with van der Waals surface area (Å²) in [7, 11) is 0. The average Bonchev–Trinajstić information content (AvgIpc) is 2.50. The molecular weight excluding hydrogens is 172 g/mol. The van der Waals surface area contributed by atoms with Crippen LogP contribution in [0.15, 0.2) is 12.5 Å². The van der Waals surface area contributed by atoms with Crippen LogP contribution in [0.25, 0.3) is 0 Å². The molecule has 0 aromatic carbocycles. The fourth-order valence-corrected chi connectivity index (χ4v) is 1.03. The van der Waals surface area contributed by atoms with E-state index in [1.807, 2.05) is 0 Å². The Hall–Kier alpha value is -1.40. The van der Waals surface area contributed by atoms with Gasteiger partial charge in [0.15, 0.2) is 0 Å². The fourth-order valence-electron chi connectivity index (χ4n) is 1.03. The fraction of sp³-hybridized carbons (Fsp3) is 0.429. The van der Waals surface area contributed by atoms with Crippen molar-refractivity contribution in [3.8, 4) is 0 Å². The van der Waals surface area contributed by atoms with Gasteiger partial charge in [0.2, 0.25) is 5.91 Å². The van der Waals surface area contributed by atoms with Gasteiger partial charge >= 0.3 is 0 Å². The van der Waals surface area contributed by atoms with Gasteiger partial charge in [0.1, 0.15) is 6.54 Å². The number of aliphatic hydroxyl groups is 1. The van der Waals surface area contributed by atoms with Gasteiger partial charge in [0, 0.05) is 6.20 Å². The van der Waals surface area contributed by atoms with Crippen LogP contribution in [-0.4, -0.2) is 27.2 Å². The Labute approximate surface area is 75.2 Å². The second kappa shape index (κ2) is 4.01. The lowest BCUT2D eigenvalue weighted by molar-refractivity contribution is -0.118. The van der Waals surface area contributed by atoms with Crippen molar-refractivity contribution in [2.75, 3.05) is 6.61 Å². The molecule has 1 heterocycles. The Balaban J connectivity index is 2.82. The number of carbonyl (C=O) groups is 1. The minimum absolute atomic E-state index is 0.0308. The number of aromatic nitrogens is 2. The summed E-state index contributed by atoms with van der Waals surface area (Å²) in [6.45, 7) is -0.159. The topological polar surface area (TPSA) is 107 Å². The Morgan fingerprint density at radius 3 is 3.00 bits per heavy atom.